The highest BCUT2D eigenvalue weighted by atomic mass is 35.5. The summed E-state index contributed by atoms with van der Waals surface area (Å²) in [5.74, 6) is -1.21. The van der Waals surface area contributed by atoms with Crippen LogP contribution in [0.4, 0.5) is 20.2 Å². The maximum Gasteiger partial charge on any atom is 0.265 e. The molecule has 188 valence electrons. The number of alkyl halides is 2. The van der Waals surface area contributed by atoms with Crippen molar-refractivity contribution in [2.75, 3.05) is 36.5 Å². The number of anilines is 2. The van der Waals surface area contributed by atoms with Gasteiger partial charge in [-0.25, -0.2) is 8.78 Å². The molecule has 1 saturated heterocycles. The SMILES string of the molecule is O=C(NC[C@@H](NC1CCC1)C(=O)Nc1ccc(N2CCOCC2=O)c(C(F)F)c1)c1ccc(Cl)s1. The van der Waals surface area contributed by atoms with Crippen molar-refractivity contribution in [2.45, 2.75) is 37.8 Å². The summed E-state index contributed by atoms with van der Waals surface area (Å²) in [7, 11) is 0. The number of benzene rings is 1. The summed E-state index contributed by atoms with van der Waals surface area (Å²) in [4.78, 5) is 39.3. The van der Waals surface area contributed by atoms with Crippen LogP contribution in [0.2, 0.25) is 4.34 Å². The van der Waals surface area contributed by atoms with Crippen LogP contribution < -0.4 is 20.9 Å². The summed E-state index contributed by atoms with van der Waals surface area (Å²) >= 11 is 7.02. The number of nitrogens with one attached hydrogen (secondary N) is 3. The third-order valence-electron chi connectivity index (χ3n) is 5.93. The monoisotopic (exact) mass is 526 g/mol. The van der Waals surface area contributed by atoms with Crippen molar-refractivity contribution in [2.24, 2.45) is 0 Å². The fraction of sp³-hybridized carbons (Fsp3) is 0.435. The molecule has 0 bridgehead atoms. The first-order valence-corrected chi connectivity index (χ1v) is 12.4. The van der Waals surface area contributed by atoms with Crippen molar-refractivity contribution in [1.29, 1.82) is 0 Å². The Kier molecular flexibility index (Phi) is 8.32. The number of hydrogen-bond acceptors (Lipinski definition) is 6. The van der Waals surface area contributed by atoms with Crippen LogP contribution in [0.25, 0.3) is 0 Å². The number of carbonyl (C=O) groups is 3. The van der Waals surface area contributed by atoms with E-state index in [0.29, 0.717) is 9.21 Å². The lowest BCUT2D eigenvalue weighted by atomic mass is 9.92. The molecule has 1 saturated carbocycles. The molecule has 0 unspecified atom stereocenters. The second-order valence-corrected chi connectivity index (χ2v) is 10.0. The molecule has 0 radical (unpaired) electrons. The highest BCUT2D eigenvalue weighted by molar-refractivity contribution is 7.18. The van der Waals surface area contributed by atoms with E-state index in [1.807, 2.05) is 0 Å². The van der Waals surface area contributed by atoms with Crippen LogP contribution in [-0.2, 0) is 14.3 Å². The van der Waals surface area contributed by atoms with Crippen LogP contribution in [0.15, 0.2) is 30.3 Å². The van der Waals surface area contributed by atoms with Crippen molar-refractivity contribution >= 4 is 52.0 Å². The molecule has 3 N–H and O–H groups in total. The van der Waals surface area contributed by atoms with Gasteiger partial charge in [-0.2, -0.15) is 0 Å². The van der Waals surface area contributed by atoms with Crippen molar-refractivity contribution in [3.8, 4) is 0 Å². The average Bonchev–Trinajstić information content (AvgIpc) is 3.24. The normalized spacial score (nSPS) is 17.3. The number of halogens is 3. The number of rotatable bonds is 9. The van der Waals surface area contributed by atoms with Gasteiger partial charge in [0.1, 0.15) is 12.6 Å². The molecule has 2 heterocycles. The molecule has 4 rings (SSSR count). The number of morpholine rings is 1. The van der Waals surface area contributed by atoms with Crippen molar-refractivity contribution in [3.05, 3.63) is 45.1 Å². The molecule has 1 aromatic heterocycles. The fourth-order valence-corrected chi connectivity index (χ4v) is 4.82. The van der Waals surface area contributed by atoms with Gasteiger partial charge in [-0.05, 0) is 43.2 Å². The van der Waals surface area contributed by atoms with E-state index in [2.05, 4.69) is 16.0 Å². The number of nitrogens with zero attached hydrogens (tertiary/aromatic N) is 1. The molecular formula is C23H25ClF2N4O4S. The van der Waals surface area contributed by atoms with Gasteiger partial charge in [0, 0.05) is 30.4 Å². The van der Waals surface area contributed by atoms with Gasteiger partial charge >= 0.3 is 0 Å². The predicted molar refractivity (Wildman–Crippen MR) is 129 cm³/mol. The van der Waals surface area contributed by atoms with E-state index in [0.717, 1.165) is 30.6 Å². The molecule has 1 aliphatic heterocycles. The quantitative estimate of drug-likeness (QED) is 0.464. The molecule has 12 heteroatoms. The first kappa shape index (κ1) is 25.5. The average molecular weight is 527 g/mol. The number of hydrogen-bond donors (Lipinski definition) is 3. The number of carbonyl (C=O) groups excluding carboxylic acids is 3. The Morgan fingerprint density at radius 2 is 2.03 bits per heavy atom. The van der Waals surface area contributed by atoms with Gasteiger partial charge in [-0.3, -0.25) is 14.4 Å². The summed E-state index contributed by atoms with van der Waals surface area (Å²) in [6.45, 7) is 0.273. The van der Waals surface area contributed by atoms with E-state index in [-0.39, 0.29) is 55.2 Å². The van der Waals surface area contributed by atoms with Crippen LogP contribution in [0.1, 0.15) is 40.9 Å². The summed E-state index contributed by atoms with van der Waals surface area (Å²) in [6, 6.07) is 6.65. The van der Waals surface area contributed by atoms with Crippen LogP contribution in [0.5, 0.6) is 0 Å². The summed E-state index contributed by atoms with van der Waals surface area (Å²) in [5.41, 5.74) is -0.0896. The molecule has 8 nitrogen and oxygen atoms in total. The zero-order chi connectivity index (χ0) is 24.9. The maximum absolute atomic E-state index is 13.8. The van der Waals surface area contributed by atoms with Crippen LogP contribution in [0, 0.1) is 0 Å². The minimum absolute atomic E-state index is 0.0127. The second kappa shape index (κ2) is 11.4. The Labute approximate surface area is 210 Å². The molecule has 0 spiro atoms. The third kappa shape index (κ3) is 6.35. The van der Waals surface area contributed by atoms with Crippen LogP contribution in [-0.4, -0.2) is 56.1 Å². The Bertz CT molecular complexity index is 1100. The van der Waals surface area contributed by atoms with Gasteiger partial charge in [-0.1, -0.05) is 18.0 Å². The van der Waals surface area contributed by atoms with Gasteiger partial charge in [0.2, 0.25) is 5.91 Å². The Morgan fingerprint density at radius 3 is 2.66 bits per heavy atom. The molecule has 1 aromatic carbocycles. The Hall–Kier alpha value is -2.60. The first-order valence-electron chi connectivity index (χ1n) is 11.2. The lowest BCUT2D eigenvalue weighted by molar-refractivity contribution is -0.125. The van der Waals surface area contributed by atoms with Crippen LogP contribution >= 0.6 is 22.9 Å². The summed E-state index contributed by atoms with van der Waals surface area (Å²) < 4.78 is 33.2. The van der Waals surface area contributed by atoms with E-state index >= 15 is 0 Å². The highest BCUT2D eigenvalue weighted by Crippen LogP contribution is 2.33. The Balaban J connectivity index is 1.46. The lowest BCUT2D eigenvalue weighted by Gasteiger charge is -2.31. The fourth-order valence-electron chi connectivity index (χ4n) is 3.86. The number of amides is 3. The highest BCUT2D eigenvalue weighted by Gasteiger charge is 2.28. The number of thiophene rings is 1. The van der Waals surface area contributed by atoms with E-state index in [9.17, 15) is 23.2 Å². The van der Waals surface area contributed by atoms with Crippen molar-refractivity contribution in [3.63, 3.8) is 0 Å². The zero-order valence-electron chi connectivity index (χ0n) is 18.7. The largest absolute Gasteiger partial charge is 0.370 e. The molecule has 3 amide bonds. The third-order valence-corrected chi connectivity index (χ3v) is 7.16. The minimum Gasteiger partial charge on any atom is -0.370 e. The van der Waals surface area contributed by atoms with Gasteiger partial charge < -0.3 is 25.6 Å². The lowest BCUT2D eigenvalue weighted by Crippen LogP contribution is -2.53. The number of ether oxygens (including phenoxy) is 1. The first-order chi connectivity index (χ1) is 16.8. The van der Waals surface area contributed by atoms with E-state index in [1.165, 1.54) is 23.1 Å². The van der Waals surface area contributed by atoms with Gasteiger partial charge in [0.25, 0.3) is 18.2 Å². The molecule has 1 aliphatic carbocycles. The standard InChI is InChI=1S/C23H25ClF2N4O4S/c24-19-7-6-18(35-19)23(33)27-11-16(28-13-2-1-3-13)22(32)29-14-4-5-17(15(10-14)21(25)26)30-8-9-34-12-20(30)31/h4-7,10,13,16,21,28H,1-3,8-9,11-12H2,(H,27,33)(H,29,32)/t16-/m1/s1. The minimum atomic E-state index is -2.85. The second-order valence-electron chi connectivity index (χ2n) is 8.32. The van der Waals surface area contributed by atoms with Gasteiger partial charge in [0.15, 0.2) is 0 Å². The molecule has 35 heavy (non-hydrogen) atoms. The summed E-state index contributed by atoms with van der Waals surface area (Å²) in [5, 5.41) is 8.63. The molecule has 2 aliphatic rings. The van der Waals surface area contributed by atoms with E-state index in [4.69, 9.17) is 16.3 Å². The molecular weight excluding hydrogens is 502 g/mol. The van der Waals surface area contributed by atoms with Gasteiger partial charge in [0.05, 0.1) is 21.5 Å². The maximum atomic E-state index is 13.8. The zero-order valence-corrected chi connectivity index (χ0v) is 20.3. The van der Waals surface area contributed by atoms with Gasteiger partial charge in [-0.15, -0.1) is 11.3 Å². The van der Waals surface area contributed by atoms with E-state index in [1.54, 1.807) is 12.1 Å². The Morgan fingerprint density at radius 1 is 1.23 bits per heavy atom. The molecule has 1 atom stereocenters. The van der Waals surface area contributed by atoms with E-state index < -0.39 is 24.3 Å². The smallest absolute Gasteiger partial charge is 0.265 e. The molecule has 2 aromatic rings. The molecule has 2 fully saturated rings. The predicted octanol–water partition coefficient (Wildman–Crippen LogP) is 3.58. The topological polar surface area (TPSA) is 99.8 Å². The van der Waals surface area contributed by atoms with Crippen LogP contribution in [0.3, 0.4) is 0 Å². The van der Waals surface area contributed by atoms with Crippen molar-refractivity contribution < 1.29 is 27.9 Å². The summed E-state index contributed by atoms with van der Waals surface area (Å²) in [6.07, 6.45) is 0.0239. The van der Waals surface area contributed by atoms with Crippen molar-refractivity contribution in [1.82, 2.24) is 10.6 Å².